The van der Waals surface area contributed by atoms with Crippen LogP contribution in [0.25, 0.3) is 0 Å². The zero-order valence-corrected chi connectivity index (χ0v) is 8.06. The lowest BCUT2D eigenvalue weighted by molar-refractivity contribution is -0.160. The molecule has 0 fully saturated rings. The quantitative estimate of drug-likeness (QED) is 0.310. The molecule has 0 saturated carbocycles. The van der Waals surface area contributed by atoms with Gasteiger partial charge in [0.1, 0.15) is 0 Å². The second-order valence-electron chi connectivity index (χ2n) is 2.48. The topological polar surface area (TPSA) is 18.5 Å². The van der Waals surface area contributed by atoms with Gasteiger partial charge in [0.15, 0.2) is 0 Å². The van der Waals surface area contributed by atoms with Crippen molar-refractivity contribution in [2.75, 3.05) is 7.11 Å². The van der Waals surface area contributed by atoms with Crippen molar-refractivity contribution in [3.63, 3.8) is 0 Å². The van der Waals surface area contributed by atoms with Gasteiger partial charge in [-0.1, -0.05) is 29.8 Å². The second kappa shape index (κ2) is 5.19. The van der Waals surface area contributed by atoms with Crippen LogP contribution >= 0.6 is 12.0 Å². The maximum atomic E-state index is 4.68. The van der Waals surface area contributed by atoms with E-state index < -0.39 is 0 Å². The summed E-state index contributed by atoms with van der Waals surface area (Å²) in [6, 6.07) is 8.34. The Morgan fingerprint density at radius 3 is 2.50 bits per heavy atom. The Morgan fingerprint density at radius 1 is 1.25 bits per heavy atom. The first kappa shape index (κ1) is 9.58. The van der Waals surface area contributed by atoms with E-state index in [0.29, 0.717) is 0 Å². The predicted molar refractivity (Wildman–Crippen MR) is 50.6 cm³/mol. The minimum Gasteiger partial charge on any atom is -0.228 e. The molecule has 0 unspecified atom stereocenters. The summed E-state index contributed by atoms with van der Waals surface area (Å²) in [6.45, 7) is 2.07. The highest BCUT2D eigenvalue weighted by molar-refractivity contribution is 7.93. The van der Waals surface area contributed by atoms with Crippen molar-refractivity contribution in [1.29, 1.82) is 0 Å². The fraction of sp³-hybridized carbons (Fsp3) is 0.333. The molecule has 0 aliphatic rings. The molecule has 1 aromatic rings. The summed E-state index contributed by atoms with van der Waals surface area (Å²) in [4.78, 5) is 4.45. The molecule has 0 N–H and O–H groups in total. The normalized spacial score (nSPS) is 10.2. The Bertz CT molecular complexity index is 220. The molecule has 1 aromatic carbocycles. The van der Waals surface area contributed by atoms with E-state index in [9.17, 15) is 0 Å². The standard InChI is InChI=1S/C9H12O2S/c1-8-3-5-9(6-4-8)7-12-11-10-2/h3-6H,7H2,1-2H3. The lowest BCUT2D eigenvalue weighted by Gasteiger charge is -1.99. The Labute approximate surface area is 77.0 Å². The second-order valence-corrected chi connectivity index (χ2v) is 3.14. The zero-order chi connectivity index (χ0) is 8.81. The minimum absolute atomic E-state index is 0.814. The Morgan fingerprint density at radius 2 is 1.92 bits per heavy atom. The third kappa shape index (κ3) is 3.26. The van der Waals surface area contributed by atoms with Crippen molar-refractivity contribution >= 4 is 12.0 Å². The maximum Gasteiger partial charge on any atom is 0.0725 e. The highest BCUT2D eigenvalue weighted by atomic mass is 32.2. The Kier molecular flexibility index (Phi) is 4.14. The Balaban J connectivity index is 2.37. The van der Waals surface area contributed by atoms with Gasteiger partial charge in [0.05, 0.1) is 7.11 Å². The molecular weight excluding hydrogens is 172 g/mol. The molecule has 0 spiro atoms. The summed E-state index contributed by atoms with van der Waals surface area (Å²) in [6.07, 6.45) is 0. The summed E-state index contributed by atoms with van der Waals surface area (Å²) in [5, 5.41) is 0. The fourth-order valence-electron chi connectivity index (χ4n) is 0.825. The van der Waals surface area contributed by atoms with Gasteiger partial charge in [-0.2, -0.15) is 4.33 Å². The van der Waals surface area contributed by atoms with Crippen molar-refractivity contribution in [2.24, 2.45) is 0 Å². The fourth-order valence-corrected chi connectivity index (χ4v) is 1.30. The monoisotopic (exact) mass is 184 g/mol. The number of rotatable bonds is 4. The van der Waals surface area contributed by atoms with Crippen LogP contribution in [0.3, 0.4) is 0 Å². The van der Waals surface area contributed by atoms with Crippen molar-refractivity contribution < 1.29 is 9.22 Å². The molecule has 2 nitrogen and oxygen atoms in total. The molecule has 66 valence electrons. The molecule has 0 radical (unpaired) electrons. The lowest BCUT2D eigenvalue weighted by atomic mass is 10.2. The first-order valence-corrected chi connectivity index (χ1v) is 4.62. The smallest absolute Gasteiger partial charge is 0.0725 e. The number of hydrogen-bond donors (Lipinski definition) is 0. The van der Waals surface area contributed by atoms with Crippen LogP contribution in [-0.4, -0.2) is 7.11 Å². The SMILES string of the molecule is COOSCc1ccc(C)cc1. The molecule has 0 heterocycles. The summed E-state index contributed by atoms with van der Waals surface area (Å²) >= 11 is 1.29. The third-order valence-electron chi connectivity index (χ3n) is 1.46. The summed E-state index contributed by atoms with van der Waals surface area (Å²) < 4.78 is 4.68. The van der Waals surface area contributed by atoms with Gasteiger partial charge in [-0.25, -0.2) is 4.89 Å². The molecular formula is C9H12O2S. The van der Waals surface area contributed by atoms with Gasteiger partial charge in [0.2, 0.25) is 0 Å². The Hall–Kier alpha value is -0.510. The third-order valence-corrected chi connectivity index (χ3v) is 2.15. The average molecular weight is 184 g/mol. The highest BCUT2D eigenvalue weighted by Crippen LogP contribution is 2.13. The van der Waals surface area contributed by atoms with Crippen LogP contribution < -0.4 is 0 Å². The molecule has 0 aromatic heterocycles. The summed E-state index contributed by atoms with van der Waals surface area (Å²) in [5.41, 5.74) is 2.51. The summed E-state index contributed by atoms with van der Waals surface area (Å²) in [5.74, 6) is 0.814. The summed E-state index contributed by atoms with van der Waals surface area (Å²) in [7, 11) is 1.50. The molecule has 0 bridgehead atoms. The van der Waals surface area contributed by atoms with E-state index in [2.05, 4.69) is 40.4 Å². The first-order valence-electron chi connectivity index (χ1n) is 3.71. The molecule has 0 saturated heterocycles. The van der Waals surface area contributed by atoms with Gasteiger partial charge in [-0.3, -0.25) is 0 Å². The highest BCUT2D eigenvalue weighted by Gasteiger charge is 1.93. The predicted octanol–water partition coefficient (Wildman–Crippen LogP) is 2.72. The van der Waals surface area contributed by atoms with Gasteiger partial charge in [-0.05, 0) is 12.5 Å². The van der Waals surface area contributed by atoms with E-state index in [1.165, 1.54) is 30.3 Å². The van der Waals surface area contributed by atoms with Crippen LogP contribution in [0.15, 0.2) is 24.3 Å². The van der Waals surface area contributed by atoms with Crippen LogP contribution in [0, 0.1) is 6.92 Å². The van der Waals surface area contributed by atoms with Crippen molar-refractivity contribution in [3.05, 3.63) is 35.4 Å². The van der Waals surface area contributed by atoms with Crippen LogP contribution in [0.5, 0.6) is 0 Å². The number of aryl methyl sites for hydroxylation is 1. The van der Waals surface area contributed by atoms with Crippen LogP contribution in [-0.2, 0) is 15.0 Å². The van der Waals surface area contributed by atoms with Gasteiger partial charge >= 0.3 is 0 Å². The van der Waals surface area contributed by atoms with Crippen molar-refractivity contribution in [1.82, 2.24) is 0 Å². The molecule has 3 heteroatoms. The van der Waals surface area contributed by atoms with Crippen LogP contribution in [0.2, 0.25) is 0 Å². The van der Waals surface area contributed by atoms with Crippen LogP contribution in [0.1, 0.15) is 11.1 Å². The lowest BCUT2D eigenvalue weighted by Crippen LogP contribution is -1.82. The van der Waals surface area contributed by atoms with E-state index in [0.717, 1.165) is 5.75 Å². The van der Waals surface area contributed by atoms with Crippen molar-refractivity contribution in [2.45, 2.75) is 12.7 Å². The van der Waals surface area contributed by atoms with E-state index in [1.807, 2.05) is 0 Å². The minimum atomic E-state index is 0.814. The van der Waals surface area contributed by atoms with Gasteiger partial charge in [0, 0.05) is 17.8 Å². The molecule has 0 amide bonds. The molecule has 0 aliphatic carbocycles. The molecule has 0 aliphatic heterocycles. The van der Waals surface area contributed by atoms with E-state index in [1.54, 1.807) is 0 Å². The first-order chi connectivity index (χ1) is 5.83. The van der Waals surface area contributed by atoms with Crippen molar-refractivity contribution in [3.8, 4) is 0 Å². The molecule has 1 rings (SSSR count). The van der Waals surface area contributed by atoms with Crippen LogP contribution in [0.4, 0.5) is 0 Å². The molecule has 0 atom stereocenters. The van der Waals surface area contributed by atoms with E-state index in [4.69, 9.17) is 0 Å². The van der Waals surface area contributed by atoms with Gasteiger partial charge in [-0.15, -0.1) is 0 Å². The van der Waals surface area contributed by atoms with Gasteiger partial charge < -0.3 is 0 Å². The zero-order valence-electron chi connectivity index (χ0n) is 7.24. The molecule has 12 heavy (non-hydrogen) atoms. The maximum absolute atomic E-state index is 4.68. The number of hydrogen-bond acceptors (Lipinski definition) is 3. The van der Waals surface area contributed by atoms with E-state index in [-0.39, 0.29) is 0 Å². The average Bonchev–Trinajstić information content (AvgIpc) is 2.09. The number of benzene rings is 1. The van der Waals surface area contributed by atoms with Gasteiger partial charge in [0.25, 0.3) is 0 Å². The van der Waals surface area contributed by atoms with E-state index >= 15 is 0 Å². The largest absolute Gasteiger partial charge is 0.228 e.